The van der Waals surface area contributed by atoms with E-state index in [4.69, 9.17) is 15.6 Å². The molecule has 0 radical (unpaired) electrons. The zero-order valence-electron chi connectivity index (χ0n) is 16.4. The average Bonchev–Trinajstić information content (AvgIpc) is 2.75. The lowest BCUT2D eigenvalue weighted by atomic mass is 10.0. The van der Waals surface area contributed by atoms with Crippen molar-refractivity contribution in [3.05, 3.63) is 41.1 Å². The summed E-state index contributed by atoms with van der Waals surface area (Å²) in [6.45, 7) is 0.658. The predicted octanol–water partition coefficient (Wildman–Crippen LogP) is 0.0836. The van der Waals surface area contributed by atoms with Gasteiger partial charge in [0.2, 0.25) is 11.7 Å². The first-order valence-corrected chi connectivity index (χ1v) is 10.9. The second kappa shape index (κ2) is 9.08. The fraction of sp³-hybridized carbons (Fsp3) is 0.389. The largest absolute Gasteiger partial charge is 0.496 e. The predicted molar refractivity (Wildman–Crippen MR) is 107 cm³/mol. The highest BCUT2D eigenvalue weighted by Crippen LogP contribution is 2.28. The summed E-state index contributed by atoms with van der Waals surface area (Å²) < 4.78 is 57.1. The number of sulfone groups is 1. The summed E-state index contributed by atoms with van der Waals surface area (Å²) in [7, 11) is -2.58. The highest BCUT2D eigenvalue weighted by Gasteiger charge is 2.35. The molecule has 1 aromatic heterocycles. The van der Waals surface area contributed by atoms with E-state index in [0.717, 1.165) is 18.3 Å². The van der Waals surface area contributed by atoms with Crippen molar-refractivity contribution in [2.24, 2.45) is 0 Å². The second-order valence-corrected chi connectivity index (χ2v) is 9.02. The number of anilines is 2. The fourth-order valence-electron chi connectivity index (χ4n) is 3.32. The highest BCUT2D eigenvalue weighted by atomic mass is 32.2. The Morgan fingerprint density at radius 2 is 2.16 bits per heavy atom. The van der Waals surface area contributed by atoms with E-state index >= 15 is 0 Å². The zero-order valence-corrected chi connectivity index (χ0v) is 17.2. The van der Waals surface area contributed by atoms with E-state index in [-0.39, 0.29) is 29.6 Å². The molecule has 13 heteroatoms. The van der Waals surface area contributed by atoms with E-state index in [1.807, 2.05) is 0 Å². The number of piperidine rings is 1. The molecule has 10 nitrogen and oxygen atoms in total. The van der Waals surface area contributed by atoms with Gasteiger partial charge in [0, 0.05) is 18.8 Å². The lowest BCUT2D eigenvalue weighted by Gasteiger charge is -2.31. The molecular weight excluding hydrogens is 436 g/mol. The molecule has 168 valence electrons. The zero-order chi connectivity index (χ0) is 22.8. The molecule has 0 aliphatic carbocycles. The normalized spacial score (nSPS) is 19.1. The molecule has 0 spiro atoms. The minimum atomic E-state index is -3.78. The maximum atomic E-state index is 14.2. The summed E-state index contributed by atoms with van der Waals surface area (Å²) in [6, 6.07) is 1.32. The maximum absolute atomic E-state index is 14.2. The molecule has 2 aromatic rings. The smallest absolute Gasteiger partial charge is 0.224 e. The van der Waals surface area contributed by atoms with E-state index in [9.17, 15) is 22.0 Å². The number of aliphatic hydroxyl groups is 1. The molecule has 5 N–H and O–H groups in total. The van der Waals surface area contributed by atoms with E-state index in [1.165, 1.54) is 7.11 Å². The molecule has 2 heterocycles. The minimum Gasteiger partial charge on any atom is -0.496 e. The van der Waals surface area contributed by atoms with Crippen LogP contribution in [0.25, 0.3) is 0 Å². The van der Waals surface area contributed by atoms with Gasteiger partial charge in [-0.1, -0.05) is 0 Å². The first-order chi connectivity index (χ1) is 14.7. The Balaban J connectivity index is 1.89. The van der Waals surface area contributed by atoms with Crippen LogP contribution in [0.3, 0.4) is 0 Å². The van der Waals surface area contributed by atoms with Gasteiger partial charge >= 0.3 is 0 Å². The van der Waals surface area contributed by atoms with Crippen molar-refractivity contribution in [3.63, 3.8) is 0 Å². The number of nitrogens with zero attached hydrogens (tertiary/aromatic N) is 2. The van der Waals surface area contributed by atoms with Crippen molar-refractivity contribution in [1.29, 1.82) is 0 Å². The Labute approximate surface area is 176 Å². The van der Waals surface area contributed by atoms with Gasteiger partial charge in [-0.05, 0) is 25.1 Å². The number of hydrogen-bond acceptors (Lipinski definition) is 10. The van der Waals surface area contributed by atoms with Gasteiger partial charge in [0.1, 0.15) is 23.1 Å². The first-order valence-electron chi connectivity index (χ1n) is 9.18. The van der Waals surface area contributed by atoms with Crippen LogP contribution in [-0.4, -0.2) is 66.7 Å². The van der Waals surface area contributed by atoms with Crippen LogP contribution in [0.5, 0.6) is 5.75 Å². The van der Waals surface area contributed by atoms with E-state index < -0.39 is 50.0 Å². The Bertz CT molecular complexity index is 1100. The molecule has 0 amide bonds. The first kappa shape index (κ1) is 22.8. The number of halogens is 2. The lowest BCUT2D eigenvalue weighted by Crippen LogP contribution is -2.52. The van der Waals surface area contributed by atoms with Crippen molar-refractivity contribution >= 4 is 27.4 Å². The van der Waals surface area contributed by atoms with Crippen molar-refractivity contribution in [3.8, 4) is 5.75 Å². The van der Waals surface area contributed by atoms with Crippen LogP contribution < -0.4 is 21.1 Å². The number of carbonyl (C=O) groups is 1. The Hall–Kier alpha value is -2.90. The van der Waals surface area contributed by atoms with Gasteiger partial charge in [-0.25, -0.2) is 22.2 Å². The number of aliphatic hydroxyl groups excluding tert-OH is 1. The van der Waals surface area contributed by atoms with Crippen LogP contribution >= 0.6 is 0 Å². The summed E-state index contributed by atoms with van der Waals surface area (Å²) in [4.78, 5) is 20.7. The third-order valence-electron chi connectivity index (χ3n) is 4.95. The summed E-state index contributed by atoms with van der Waals surface area (Å²) >= 11 is 0. The monoisotopic (exact) mass is 457 g/mol. The van der Waals surface area contributed by atoms with Gasteiger partial charge in [0.25, 0.3) is 0 Å². The van der Waals surface area contributed by atoms with Gasteiger partial charge in [0.05, 0.1) is 17.9 Å². The van der Waals surface area contributed by atoms with Crippen LogP contribution in [0.1, 0.15) is 22.3 Å². The molecule has 1 fully saturated rings. The molecule has 1 saturated heterocycles. The standard InChI is InChI=1S/C18H21F2N5O5S/c1-30-12-3-2-10(19)15(20)14(12)16(27)9-6-23-18(25-17(9)21)24-11-4-5-22-7-13(11)31(28,29)8-26/h2-3,6,11,13,22,26H,4-5,7-8H2,1H3,(H3,21,23,24,25). The van der Waals surface area contributed by atoms with E-state index in [2.05, 4.69) is 20.6 Å². The number of benzene rings is 1. The molecule has 0 saturated carbocycles. The number of aromatic nitrogens is 2. The molecule has 1 aromatic carbocycles. The number of ketones is 1. The number of ether oxygens (including phenoxy) is 1. The number of nitrogens with one attached hydrogen (secondary N) is 2. The van der Waals surface area contributed by atoms with Crippen molar-refractivity contribution < 1.29 is 31.8 Å². The number of methoxy groups -OCH3 is 1. The molecular formula is C18H21F2N5O5S. The fourth-order valence-corrected chi connectivity index (χ4v) is 4.59. The molecule has 2 unspecified atom stereocenters. The van der Waals surface area contributed by atoms with E-state index in [0.29, 0.717) is 13.0 Å². The number of rotatable bonds is 7. The molecule has 31 heavy (non-hydrogen) atoms. The summed E-state index contributed by atoms with van der Waals surface area (Å²) in [5.41, 5.74) is 4.92. The topological polar surface area (TPSA) is 157 Å². The maximum Gasteiger partial charge on any atom is 0.224 e. The van der Waals surface area contributed by atoms with Crippen LogP contribution in [0.2, 0.25) is 0 Å². The number of nitrogens with two attached hydrogens (primary N) is 1. The number of nitrogen functional groups attached to an aromatic ring is 1. The molecule has 3 rings (SSSR count). The third-order valence-corrected chi connectivity index (χ3v) is 6.73. The molecule has 2 atom stereocenters. The van der Waals surface area contributed by atoms with Gasteiger partial charge in [-0.2, -0.15) is 4.98 Å². The lowest BCUT2D eigenvalue weighted by molar-refractivity contribution is 0.103. The van der Waals surface area contributed by atoms with Crippen LogP contribution in [0.15, 0.2) is 18.3 Å². The Morgan fingerprint density at radius 3 is 2.81 bits per heavy atom. The van der Waals surface area contributed by atoms with Crippen molar-refractivity contribution in [1.82, 2.24) is 15.3 Å². The average molecular weight is 457 g/mol. The highest BCUT2D eigenvalue weighted by molar-refractivity contribution is 7.91. The second-order valence-electron chi connectivity index (χ2n) is 6.83. The van der Waals surface area contributed by atoms with Gasteiger partial charge < -0.3 is 26.2 Å². The number of hydrogen-bond donors (Lipinski definition) is 4. The van der Waals surface area contributed by atoms with Crippen molar-refractivity contribution in [2.45, 2.75) is 17.7 Å². The molecule has 1 aliphatic heterocycles. The number of carbonyl (C=O) groups excluding carboxylic acids is 1. The van der Waals surface area contributed by atoms with Gasteiger partial charge in [0.15, 0.2) is 21.5 Å². The quantitative estimate of drug-likeness (QED) is 0.420. The van der Waals surface area contributed by atoms with E-state index in [1.54, 1.807) is 0 Å². The summed E-state index contributed by atoms with van der Waals surface area (Å²) in [6.07, 6.45) is 1.44. The van der Waals surface area contributed by atoms with Crippen molar-refractivity contribution in [2.75, 3.05) is 37.2 Å². The SMILES string of the molecule is COc1ccc(F)c(F)c1C(=O)c1cnc(NC2CCNCC2S(=O)(=O)CO)nc1N. The molecule has 0 bridgehead atoms. The van der Waals surface area contributed by atoms with Gasteiger partial charge in [-0.15, -0.1) is 0 Å². The molecule has 1 aliphatic rings. The third kappa shape index (κ3) is 4.57. The van der Waals surface area contributed by atoms with Crippen LogP contribution in [0.4, 0.5) is 20.5 Å². The Morgan fingerprint density at radius 1 is 1.42 bits per heavy atom. The Kier molecular flexibility index (Phi) is 6.67. The van der Waals surface area contributed by atoms with Crippen LogP contribution in [0, 0.1) is 11.6 Å². The summed E-state index contributed by atoms with van der Waals surface area (Å²) in [5.74, 6) is -5.15. The summed E-state index contributed by atoms with van der Waals surface area (Å²) in [5, 5.41) is 14.0. The van der Waals surface area contributed by atoms with Crippen LogP contribution in [-0.2, 0) is 9.84 Å². The minimum absolute atomic E-state index is 0.0502. The van der Waals surface area contributed by atoms with Gasteiger partial charge in [-0.3, -0.25) is 4.79 Å².